The Morgan fingerprint density at radius 3 is 2.90 bits per heavy atom. The van der Waals surface area contributed by atoms with Crippen molar-refractivity contribution in [1.29, 1.82) is 0 Å². The van der Waals surface area contributed by atoms with Crippen LogP contribution in [0.15, 0.2) is 47.1 Å². The van der Waals surface area contributed by atoms with Crippen molar-refractivity contribution >= 4 is 44.1 Å². The fraction of sp³-hybridized carbons (Fsp3) is 0. The lowest BCUT2D eigenvalue weighted by Crippen LogP contribution is -2.12. The molecule has 4 N–H and O–H groups in total. The van der Waals surface area contributed by atoms with E-state index in [-0.39, 0.29) is 5.91 Å². The highest BCUT2D eigenvalue weighted by molar-refractivity contribution is 9.10. The number of hydrogen-bond acceptors (Lipinski definition) is 3. The topological polar surface area (TPSA) is 83.8 Å². The Balaban J connectivity index is 1.85. The number of aromatic amines is 1. The molecular weight excluding hydrogens is 320 g/mol. The van der Waals surface area contributed by atoms with E-state index in [1.165, 1.54) is 0 Å². The summed E-state index contributed by atoms with van der Waals surface area (Å²) in [5, 5.41) is 10.6. The number of nitrogens with two attached hydrogens (primary N) is 1. The lowest BCUT2D eigenvalue weighted by Gasteiger charge is -2.06. The summed E-state index contributed by atoms with van der Waals surface area (Å²) in [6, 6.07) is 10.7. The van der Waals surface area contributed by atoms with Gasteiger partial charge in [0.1, 0.15) is 0 Å². The van der Waals surface area contributed by atoms with Gasteiger partial charge >= 0.3 is 0 Å². The van der Waals surface area contributed by atoms with Crippen molar-refractivity contribution in [2.24, 2.45) is 0 Å². The SMILES string of the molecule is Nc1cc(C(=O)Nc2ccc3cn[nH]c3c2)ccc1Br. The monoisotopic (exact) mass is 330 g/mol. The Labute approximate surface area is 123 Å². The van der Waals surface area contributed by atoms with Gasteiger partial charge in [-0.2, -0.15) is 5.10 Å². The molecule has 1 heterocycles. The number of aromatic nitrogens is 2. The molecule has 0 bridgehead atoms. The highest BCUT2D eigenvalue weighted by Gasteiger charge is 2.08. The molecule has 0 atom stereocenters. The van der Waals surface area contributed by atoms with Gasteiger partial charge < -0.3 is 11.1 Å². The van der Waals surface area contributed by atoms with E-state index in [1.807, 2.05) is 18.2 Å². The number of anilines is 2. The Bertz CT molecular complexity index is 797. The number of hydrogen-bond donors (Lipinski definition) is 3. The molecule has 0 aliphatic heterocycles. The number of nitrogens with zero attached hydrogens (tertiary/aromatic N) is 1. The average molecular weight is 331 g/mol. The molecule has 0 saturated heterocycles. The third-order valence-corrected chi connectivity index (χ3v) is 3.68. The van der Waals surface area contributed by atoms with Crippen molar-refractivity contribution in [3.63, 3.8) is 0 Å². The standard InChI is InChI=1S/C14H11BrN4O/c15-11-4-2-8(5-12(11)16)14(20)18-10-3-1-9-7-17-19-13(9)6-10/h1-7H,16H2,(H,17,19)(H,18,20). The highest BCUT2D eigenvalue weighted by Crippen LogP contribution is 2.21. The van der Waals surface area contributed by atoms with Crippen LogP contribution in [-0.4, -0.2) is 16.1 Å². The first-order valence-corrected chi connectivity index (χ1v) is 6.72. The first-order chi connectivity index (χ1) is 9.63. The molecule has 0 aliphatic rings. The van der Waals surface area contributed by atoms with Gasteiger partial charge in [0, 0.05) is 26.8 Å². The quantitative estimate of drug-likeness (QED) is 0.631. The number of benzene rings is 2. The van der Waals surface area contributed by atoms with E-state index in [0.717, 1.165) is 15.4 Å². The maximum Gasteiger partial charge on any atom is 0.255 e. The molecule has 1 aromatic heterocycles. The van der Waals surface area contributed by atoms with E-state index in [1.54, 1.807) is 24.4 Å². The fourth-order valence-electron chi connectivity index (χ4n) is 1.90. The molecule has 100 valence electrons. The number of carbonyl (C=O) groups is 1. The van der Waals surface area contributed by atoms with Crippen molar-refractivity contribution in [3.8, 4) is 0 Å². The van der Waals surface area contributed by atoms with Crippen LogP contribution >= 0.6 is 15.9 Å². The Morgan fingerprint density at radius 2 is 2.10 bits per heavy atom. The summed E-state index contributed by atoms with van der Waals surface area (Å²) in [5.74, 6) is -0.205. The van der Waals surface area contributed by atoms with Gasteiger partial charge in [-0.25, -0.2) is 0 Å². The largest absolute Gasteiger partial charge is 0.398 e. The maximum absolute atomic E-state index is 12.1. The Hall–Kier alpha value is -2.34. The van der Waals surface area contributed by atoms with Crippen molar-refractivity contribution < 1.29 is 4.79 Å². The van der Waals surface area contributed by atoms with Gasteiger partial charge in [-0.15, -0.1) is 0 Å². The van der Waals surface area contributed by atoms with Gasteiger partial charge in [0.2, 0.25) is 0 Å². The predicted octanol–water partition coefficient (Wildman–Crippen LogP) is 3.16. The molecule has 0 aliphatic carbocycles. The van der Waals surface area contributed by atoms with Crippen LogP contribution in [0.4, 0.5) is 11.4 Å². The lowest BCUT2D eigenvalue weighted by atomic mass is 10.2. The predicted molar refractivity (Wildman–Crippen MR) is 82.6 cm³/mol. The number of nitrogen functional groups attached to an aromatic ring is 1. The molecule has 0 spiro atoms. The van der Waals surface area contributed by atoms with E-state index in [2.05, 4.69) is 31.4 Å². The van der Waals surface area contributed by atoms with Gasteiger partial charge in [-0.3, -0.25) is 9.89 Å². The van der Waals surface area contributed by atoms with Gasteiger partial charge in [0.15, 0.2) is 0 Å². The van der Waals surface area contributed by atoms with Crippen molar-refractivity contribution in [3.05, 3.63) is 52.6 Å². The molecule has 3 rings (SSSR count). The summed E-state index contributed by atoms with van der Waals surface area (Å²) in [7, 11) is 0. The van der Waals surface area contributed by atoms with Gasteiger partial charge in [-0.05, 0) is 52.3 Å². The zero-order valence-electron chi connectivity index (χ0n) is 10.4. The third kappa shape index (κ3) is 2.37. The van der Waals surface area contributed by atoms with E-state index >= 15 is 0 Å². The molecule has 0 saturated carbocycles. The molecule has 5 nitrogen and oxygen atoms in total. The van der Waals surface area contributed by atoms with Crippen LogP contribution in [0.25, 0.3) is 10.9 Å². The Morgan fingerprint density at radius 1 is 1.25 bits per heavy atom. The Kier molecular flexibility index (Phi) is 3.15. The second kappa shape index (κ2) is 4.97. The molecule has 0 fully saturated rings. The van der Waals surface area contributed by atoms with Crippen LogP contribution in [0.3, 0.4) is 0 Å². The minimum Gasteiger partial charge on any atom is -0.398 e. The van der Waals surface area contributed by atoms with Gasteiger partial charge in [0.25, 0.3) is 5.91 Å². The summed E-state index contributed by atoms with van der Waals surface area (Å²) in [5.41, 5.74) is 8.39. The lowest BCUT2D eigenvalue weighted by molar-refractivity contribution is 0.102. The summed E-state index contributed by atoms with van der Waals surface area (Å²) >= 11 is 3.30. The fourth-order valence-corrected chi connectivity index (χ4v) is 2.15. The van der Waals surface area contributed by atoms with Crippen molar-refractivity contribution in [2.45, 2.75) is 0 Å². The summed E-state index contributed by atoms with van der Waals surface area (Å²) in [6.07, 6.45) is 1.73. The second-order valence-corrected chi connectivity index (χ2v) is 5.22. The van der Waals surface area contributed by atoms with Gasteiger partial charge in [-0.1, -0.05) is 0 Å². The summed E-state index contributed by atoms with van der Waals surface area (Å²) < 4.78 is 0.771. The van der Waals surface area contributed by atoms with Crippen LogP contribution in [-0.2, 0) is 0 Å². The van der Waals surface area contributed by atoms with Crippen LogP contribution in [0.2, 0.25) is 0 Å². The van der Waals surface area contributed by atoms with Crippen LogP contribution < -0.4 is 11.1 Å². The smallest absolute Gasteiger partial charge is 0.255 e. The number of rotatable bonds is 2. The van der Waals surface area contributed by atoms with E-state index in [9.17, 15) is 4.79 Å². The molecule has 0 unspecified atom stereocenters. The van der Waals surface area contributed by atoms with E-state index in [0.29, 0.717) is 16.9 Å². The minimum absolute atomic E-state index is 0.205. The maximum atomic E-state index is 12.1. The van der Waals surface area contributed by atoms with Crippen LogP contribution in [0.1, 0.15) is 10.4 Å². The normalized spacial score (nSPS) is 10.7. The third-order valence-electron chi connectivity index (χ3n) is 2.96. The number of fused-ring (bicyclic) bond motifs is 1. The van der Waals surface area contributed by atoms with Crippen molar-refractivity contribution in [1.82, 2.24) is 10.2 Å². The highest BCUT2D eigenvalue weighted by atomic mass is 79.9. The minimum atomic E-state index is -0.205. The number of halogens is 1. The van der Waals surface area contributed by atoms with E-state index < -0.39 is 0 Å². The van der Waals surface area contributed by atoms with Gasteiger partial charge in [0.05, 0.1) is 11.7 Å². The molecular formula is C14H11BrN4O. The first-order valence-electron chi connectivity index (χ1n) is 5.93. The molecule has 1 amide bonds. The number of amides is 1. The first kappa shape index (κ1) is 12.7. The molecule has 6 heteroatoms. The zero-order valence-corrected chi connectivity index (χ0v) is 11.9. The summed E-state index contributed by atoms with van der Waals surface area (Å²) in [4.78, 5) is 12.1. The average Bonchev–Trinajstić information content (AvgIpc) is 2.89. The molecule has 0 radical (unpaired) electrons. The number of nitrogens with one attached hydrogen (secondary N) is 2. The van der Waals surface area contributed by atoms with E-state index in [4.69, 9.17) is 5.73 Å². The second-order valence-electron chi connectivity index (χ2n) is 4.36. The summed E-state index contributed by atoms with van der Waals surface area (Å²) in [6.45, 7) is 0. The number of carbonyl (C=O) groups excluding carboxylic acids is 1. The zero-order chi connectivity index (χ0) is 14.1. The molecule has 3 aromatic rings. The molecule has 2 aromatic carbocycles. The number of H-pyrrole nitrogens is 1. The molecule has 20 heavy (non-hydrogen) atoms. The van der Waals surface area contributed by atoms with Crippen molar-refractivity contribution in [2.75, 3.05) is 11.1 Å². The van der Waals surface area contributed by atoms with Crippen LogP contribution in [0, 0.1) is 0 Å². The van der Waals surface area contributed by atoms with Crippen LogP contribution in [0.5, 0.6) is 0 Å².